The quantitative estimate of drug-likeness (QED) is 0.465. The molecule has 0 saturated carbocycles. The van der Waals surface area contributed by atoms with Crippen LogP contribution in [0.3, 0.4) is 0 Å². The van der Waals surface area contributed by atoms with E-state index in [0.29, 0.717) is 24.3 Å². The van der Waals surface area contributed by atoms with Crippen molar-refractivity contribution in [1.82, 2.24) is 5.32 Å². The summed E-state index contributed by atoms with van der Waals surface area (Å²) in [6.45, 7) is 0.142. The standard InChI is InChI=1S/C19H18F2N2O3S/c1-25-11-17(24)23-19(8-9-26-16-5-3-2-4-14(16)19)27-18(22)13-10-12(20)6-7-15(13)21/h2-7,10,22H,8-9,11H2,1H3,(H,23,24). The Balaban J connectivity index is 2.00. The first kappa shape index (κ1) is 19.3. The van der Waals surface area contributed by atoms with Gasteiger partial charge in [0.05, 0.1) is 11.7 Å². The number of methoxy groups -OCH3 is 1. The van der Waals surface area contributed by atoms with Gasteiger partial charge in [-0.15, -0.1) is 0 Å². The summed E-state index contributed by atoms with van der Waals surface area (Å²) in [7, 11) is 1.40. The van der Waals surface area contributed by atoms with Crippen LogP contribution in [0.1, 0.15) is 17.5 Å². The number of hydrogen-bond acceptors (Lipinski definition) is 5. The monoisotopic (exact) mass is 392 g/mol. The molecule has 1 unspecified atom stereocenters. The van der Waals surface area contributed by atoms with Crippen molar-refractivity contribution in [3.05, 3.63) is 65.2 Å². The fraction of sp³-hybridized carbons (Fsp3) is 0.263. The third kappa shape index (κ3) is 4.12. The number of benzene rings is 2. The molecular formula is C19H18F2N2O3S. The maximum Gasteiger partial charge on any atom is 0.247 e. The van der Waals surface area contributed by atoms with Crippen LogP contribution in [0.2, 0.25) is 0 Å². The molecular weight excluding hydrogens is 374 g/mol. The first-order chi connectivity index (χ1) is 12.9. The molecule has 27 heavy (non-hydrogen) atoms. The molecule has 142 valence electrons. The number of ether oxygens (including phenoxy) is 2. The van der Waals surface area contributed by atoms with Gasteiger partial charge in [-0.25, -0.2) is 8.78 Å². The minimum Gasteiger partial charge on any atom is -0.493 e. The molecule has 0 bridgehead atoms. The lowest BCUT2D eigenvalue weighted by molar-refractivity contribution is -0.126. The molecule has 0 radical (unpaired) electrons. The summed E-state index contributed by atoms with van der Waals surface area (Å²) in [5.74, 6) is -1.15. The Bertz CT molecular complexity index is 878. The fourth-order valence-corrected chi connectivity index (χ4v) is 4.16. The van der Waals surface area contributed by atoms with E-state index >= 15 is 0 Å². The van der Waals surface area contributed by atoms with Crippen LogP contribution in [0, 0.1) is 17.0 Å². The molecule has 8 heteroatoms. The van der Waals surface area contributed by atoms with Gasteiger partial charge in [-0.2, -0.15) is 0 Å². The van der Waals surface area contributed by atoms with Crippen LogP contribution in [0.15, 0.2) is 42.5 Å². The second-order valence-corrected chi connectivity index (χ2v) is 7.27. The number of nitrogens with one attached hydrogen (secondary N) is 2. The summed E-state index contributed by atoms with van der Waals surface area (Å²) >= 11 is 0.950. The molecule has 3 rings (SSSR count). The highest BCUT2D eigenvalue weighted by Gasteiger charge is 2.41. The first-order valence-corrected chi connectivity index (χ1v) is 9.02. The average molecular weight is 392 g/mol. The molecule has 1 atom stereocenters. The van der Waals surface area contributed by atoms with Crippen LogP contribution in [0.5, 0.6) is 5.75 Å². The van der Waals surface area contributed by atoms with Crippen LogP contribution in [0.4, 0.5) is 8.78 Å². The molecule has 1 heterocycles. The van der Waals surface area contributed by atoms with Gasteiger partial charge in [-0.3, -0.25) is 10.2 Å². The maximum atomic E-state index is 14.1. The van der Waals surface area contributed by atoms with Gasteiger partial charge in [-0.05, 0) is 24.3 Å². The van der Waals surface area contributed by atoms with Crippen molar-refractivity contribution >= 4 is 22.7 Å². The molecule has 0 saturated heterocycles. The zero-order chi connectivity index (χ0) is 19.4. The first-order valence-electron chi connectivity index (χ1n) is 8.20. The molecule has 2 N–H and O–H groups in total. The Labute approximate surface area is 159 Å². The summed E-state index contributed by atoms with van der Waals surface area (Å²) in [6.07, 6.45) is 0.351. The number of carbonyl (C=O) groups is 1. The van der Waals surface area contributed by atoms with E-state index in [0.717, 1.165) is 30.0 Å². The summed E-state index contributed by atoms with van der Waals surface area (Å²) in [6, 6.07) is 10.1. The van der Waals surface area contributed by atoms with E-state index in [1.807, 2.05) is 0 Å². The third-order valence-corrected chi connectivity index (χ3v) is 5.40. The maximum absolute atomic E-state index is 14.1. The van der Waals surface area contributed by atoms with Crippen LogP contribution in [-0.4, -0.2) is 31.3 Å². The predicted molar refractivity (Wildman–Crippen MR) is 99.0 cm³/mol. The van der Waals surface area contributed by atoms with Gasteiger partial charge in [0.1, 0.15) is 28.9 Å². The topological polar surface area (TPSA) is 71.4 Å². The molecule has 1 aliphatic heterocycles. The summed E-state index contributed by atoms with van der Waals surface area (Å²) in [5, 5.41) is 11.0. The summed E-state index contributed by atoms with van der Waals surface area (Å²) < 4.78 is 38.2. The number of hydrogen-bond donors (Lipinski definition) is 2. The van der Waals surface area contributed by atoms with E-state index in [4.69, 9.17) is 14.9 Å². The molecule has 1 aliphatic rings. The largest absolute Gasteiger partial charge is 0.493 e. The minimum absolute atomic E-state index is 0.160. The molecule has 5 nitrogen and oxygen atoms in total. The smallest absolute Gasteiger partial charge is 0.247 e. The van der Waals surface area contributed by atoms with E-state index in [-0.39, 0.29) is 23.1 Å². The van der Waals surface area contributed by atoms with Gasteiger partial charge in [0.15, 0.2) is 0 Å². The van der Waals surface area contributed by atoms with E-state index in [1.165, 1.54) is 7.11 Å². The Hall–Kier alpha value is -2.45. The Morgan fingerprint density at radius 2 is 2.11 bits per heavy atom. The van der Waals surface area contributed by atoms with Crippen molar-refractivity contribution in [3.8, 4) is 5.75 Å². The van der Waals surface area contributed by atoms with Gasteiger partial charge < -0.3 is 14.8 Å². The van der Waals surface area contributed by atoms with Crippen LogP contribution in [0.25, 0.3) is 0 Å². The number of fused-ring (bicyclic) bond motifs is 1. The van der Waals surface area contributed by atoms with E-state index in [2.05, 4.69) is 5.32 Å². The molecule has 0 spiro atoms. The van der Waals surface area contributed by atoms with E-state index in [1.54, 1.807) is 24.3 Å². The van der Waals surface area contributed by atoms with Crippen molar-refractivity contribution in [2.75, 3.05) is 20.3 Å². The number of thioether (sulfide) groups is 1. The van der Waals surface area contributed by atoms with Crippen LogP contribution >= 0.6 is 11.8 Å². The molecule has 0 aliphatic carbocycles. The predicted octanol–water partition coefficient (Wildman–Crippen LogP) is 3.42. The number of amides is 1. The lowest BCUT2D eigenvalue weighted by atomic mass is 9.99. The normalized spacial score (nSPS) is 18.3. The number of rotatable bonds is 5. The lowest BCUT2D eigenvalue weighted by Crippen LogP contribution is -2.48. The Morgan fingerprint density at radius 3 is 2.89 bits per heavy atom. The molecule has 0 fully saturated rings. The molecule has 2 aromatic carbocycles. The van der Waals surface area contributed by atoms with Crippen LogP contribution in [-0.2, 0) is 14.4 Å². The second-order valence-electron chi connectivity index (χ2n) is 5.96. The zero-order valence-electron chi connectivity index (χ0n) is 14.6. The van der Waals surface area contributed by atoms with E-state index in [9.17, 15) is 13.6 Å². The highest BCUT2D eigenvalue weighted by atomic mass is 32.2. The SMILES string of the molecule is COCC(=O)NC1(SC(=N)c2cc(F)ccc2F)CCOc2ccccc21. The summed E-state index contributed by atoms with van der Waals surface area (Å²) in [4.78, 5) is 11.2. The van der Waals surface area contributed by atoms with Gasteiger partial charge in [0, 0.05) is 24.7 Å². The third-order valence-electron chi connectivity index (χ3n) is 4.10. The Kier molecular flexibility index (Phi) is 5.76. The summed E-state index contributed by atoms with van der Waals surface area (Å²) in [5.41, 5.74) is 0.497. The molecule has 0 aromatic heterocycles. The zero-order valence-corrected chi connectivity index (χ0v) is 15.4. The lowest BCUT2D eigenvalue weighted by Gasteiger charge is -2.39. The number of halogens is 2. The van der Waals surface area contributed by atoms with Crippen LogP contribution < -0.4 is 10.1 Å². The molecule has 2 aromatic rings. The van der Waals surface area contributed by atoms with Crippen molar-refractivity contribution in [1.29, 1.82) is 5.41 Å². The second kappa shape index (κ2) is 8.06. The van der Waals surface area contributed by atoms with Gasteiger partial charge in [-0.1, -0.05) is 30.0 Å². The Morgan fingerprint density at radius 1 is 1.33 bits per heavy atom. The van der Waals surface area contributed by atoms with Crippen molar-refractivity contribution < 1.29 is 23.0 Å². The molecule has 1 amide bonds. The fourth-order valence-electron chi connectivity index (χ4n) is 2.92. The van der Waals surface area contributed by atoms with Gasteiger partial charge >= 0.3 is 0 Å². The average Bonchev–Trinajstić information content (AvgIpc) is 2.64. The van der Waals surface area contributed by atoms with Gasteiger partial charge in [0.2, 0.25) is 5.91 Å². The van der Waals surface area contributed by atoms with Crippen molar-refractivity contribution in [3.63, 3.8) is 0 Å². The number of para-hydroxylation sites is 1. The van der Waals surface area contributed by atoms with Crippen molar-refractivity contribution in [2.24, 2.45) is 0 Å². The van der Waals surface area contributed by atoms with Crippen molar-refractivity contribution in [2.45, 2.75) is 11.3 Å². The number of carbonyl (C=O) groups excluding carboxylic acids is 1. The van der Waals surface area contributed by atoms with E-state index < -0.39 is 16.5 Å². The van der Waals surface area contributed by atoms with Gasteiger partial charge in [0.25, 0.3) is 0 Å². The highest BCUT2D eigenvalue weighted by Crippen LogP contribution is 2.46. The highest BCUT2D eigenvalue weighted by molar-refractivity contribution is 8.15. The minimum atomic E-state index is -1.06.